The van der Waals surface area contributed by atoms with Crippen LogP contribution in [0.15, 0.2) is 24.3 Å². The van der Waals surface area contributed by atoms with E-state index < -0.39 is 5.60 Å². The van der Waals surface area contributed by atoms with Crippen molar-refractivity contribution in [3.05, 3.63) is 35.4 Å². The Morgan fingerprint density at radius 3 is 2.46 bits per heavy atom. The van der Waals surface area contributed by atoms with E-state index in [9.17, 15) is 9.59 Å². The minimum absolute atomic E-state index is 0.0580. The quantitative estimate of drug-likeness (QED) is 0.617. The zero-order chi connectivity index (χ0) is 19.7. The number of nitrogens with zero attached hydrogens (tertiary/aromatic N) is 1. The molecule has 146 valence electrons. The Labute approximate surface area is 157 Å². The predicted octanol–water partition coefficient (Wildman–Crippen LogP) is 4.89. The Kier molecular flexibility index (Phi) is 8.62. The fourth-order valence-electron chi connectivity index (χ4n) is 2.75. The topological polar surface area (TPSA) is 55.8 Å². The van der Waals surface area contributed by atoms with Gasteiger partial charge in [0.25, 0.3) is 0 Å². The molecule has 5 nitrogen and oxygen atoms in total. The highest BCUT2D eigenvalue weighted by atomic mass is 16.6. The lowest BCUT2D eigenvalue weighted by Gasteiger charge is -2.31. The molecule has 0 aliphatic carbocycles. The van der Waals surface area contributed by atoms with Crippen molar-refractivity contribution in [1.29, 1.82) is 0 Å². The third-order valence-corrected chi connectivity index (χ3v) is 3.97. The van der Waals surface area contributed by atoms with E-state index in [0.717, 1.165) is 24.0 Å². The van der Waals surface area contributed by atoms with E-state index in [1.807, 2.05) is 39.0 Å². The molecule has 1 aromatic rings. The summed E-state index contributed by atoms with van der Waals surface area (Å²) in [5.74, 6) is -0.186. The molecule has 1 amide bonds. The SMILES string of the molecule is CCCC(c1cccc(CCC(=O)OCC)c1)N(C)C(=O)OC(C)(C)C. The molecule has 1 aromatic carbocycles. The van der Waals surface area contributed by atoms with Gasteiger partial charge in [0.2, 0.25) is 0 Å². The summed E-state index contributed by atoms with van der Waals surface area (Å²) in [4.78, 5) is 25.7. The Hall–Kier alpha value is -2.04. The van der Waals surface area contributed by atoms with Crippen LogP contribution in [0.3, 0.4) is 0 Å². The zero-order valence-corrected chi connectivity index (χ0v) is 17.0. The van der Waals surface area contributed by atoms with E-state index in [2.05, 4.69) is 13.0 Å². The van der Waals surface area contributed by atoms with Gasteiger partial charge in [-0.2, -0.15) is 0 Å². The molecule has 0 spiro atoms. The van der Waals surface area contributed by atoms with Crippen molar-refractivity contribution in [2.24, 2.45) is 0 Å². The number of ether oxygens (including phenoxy) is 2. The average Bonchev–Trinajstić information content (AvgIpc) is 2.56. The highest BCUT2D eigenvalue weighted by Crippen LogP contribution is 2.27. The fraction of sp³-hybridized carbons (Fsp3) is 0.619. The molecule has 1 rings (SSSR count). The molecule has 5 heteroatoms. The van der Waals surface area contributed by atoms with Crippen molar-refractivity contribution >= 4 is 12.1 Å². The maximum atomic E-state index is 12.5. The third kappa shape index (κ3) is 7.46. The van der Waals surface area contributed by atoms with Crippen molar-refractivity contribution in [1.82, 2.24) is 4.90 Å². The number of amides is 1. The highest BCUT2D eigenvalue weighted by Gasteiger charge is 2.26. The molecular weight excluding hydrogens is 330 g/mol. The van der Waals surface area contributed by atoms with E-state index in [-0.39, 0.29) is 18.1 Å². The van der Waals surface area contributed by atoms with Gasteiger partial charge in [-0.15, -0.1) is 0 Å². The molecule has 1 atom stereocenters. The number of hydrogen-bond donors (Lipinski definition) is 0. The lowest BCUT2D eigenvalue weighted by atomic mass is 9.97. The summed E-state index contributed by atoms with van der Waals surface area (Å²) in [7, 11) is 1.78. The smallest absolute Gasteiger partial charge is 0.410 e. The van der Waals surface area contributed by atoms with Crippen LogP contribution in [0.5, 0.6) is 0 Å². The van der Waals surface area contributed by atoms with Crippen LogP contribution in [0.4, 0.5) is 4.79 Å². The summed E-state index contributed by atoms with van der Waals surface area (Å²) in [6, 6.07) is 8.01. The number of esters is 1. The van der Waals surface area contributed by atoms with E-state index >= 15 is 0 Å². The van der Waals surface area contributed by atoms with Crippen LogP contribution in [-0.4, -0.2) is 36.2 Å². The molecule has 0 bridgehead atoms. The molecule has 0 aromatic heterocycles. The number of carbonyl (C=O) groups is 2. The van der Waals surface area contributed by atoms with Crippen LogP contribution in [0, 0.1) is 0 Å². The second kappa shape index (κ2) is 10.2. The molecule has 0 aliphatic rings. The van der Waals surface area contributed by atoms with E-state index in [1.54, 1.807) is 18.9 Å². The van der Waals surface area contributed by atoms with Crippen molar-refractivity contribution < 1.29 is 19.1 Å². The first-order valence-corrected chi connectivity index (χ1v) is 9.38. The minimum Gasteiger partial charge on any atom is -0.466 e. The van der Waals surface area contributed by atoms with Gasteiger partial charge in [-0.05, 0) is 51.7 Å². The molecule has 0 saturated heterocycles. The van der Waals surface area contributed by atoms with Crippen LogP contribution in [0.1, 0.15) is 71.0 Å². The highest BCUT2D eigenvalue weighted by molar-refractivity contribution is 5.70. The van der Waals surface area contributed by atoms with Gasteiger partial charge in [-0.25, -0.2) is 4.79 Å². The van der Waals surface area contributed by atoms with Gasteiger partial charge in [-0.1, -0.05) is 37.6 Å². The van der Waals surface area contributed by atoms with Crippen molar-refractivity contribution in [2.75, 3.05) is 13.7 Å². The molecular formula is C21H33NO4. The maximum absolute atomic E-state index is 12.5. The first-order valence-electron chi connectivity index (χ1n) is 9.38. The van der Waals surface area contributed by atoms with Gasteiger partial charge in [0.1, 0.15) is 5.60 Å². The molecule has 0 radical (unpaired) electrons. The molecule has 0 heterocycles. The number of aryl methyl sites for hydroxylation is 1. The second-order valence-corrected chi connectivity index (χ2v) is 7.45. The molecule has 0 fully saturated rings. The number of rotatable bonds is 8. The van der Waals surface area contributed by atoms with Gasteiger partial charge < -0.3 is 14.4 Å². The summed E-state index contributed by atoms with van der Waals surface area (Å²) in [6.45, 7) is 9.90. The van der Waals surface area contributed by atoms with Crippen LogP contribution < -0.4 is 0 Å². The first-order chi connectivity index (χ1) is 12.2. The van der Waals surface area contributed by atoms with Crippen LogP contribution in [0.2, 0.25) is 0 Å². The predicted molar refractivity (Wildman–Crippen MR) is 103 cm³/mol. The molecule has 0 N–H and O–H groups in total. The minimum atomic E-state index is -0.524. The van der Waals surface area contributed by atoms with Gasteiger partial charge in [0.05, 0.1) is 12.6 Å². The lowest BCUT2D eigenvalue weighted by molar-refractivity contribution is -0.143. The number of carbonyl (C=O) groups excluding carboxylic acids is 2. The first kappa shape index (κ1) is 22.0. The zero-order valence-electron chi connectivity index (χ0n) is 17.0. The van der Waals surface area contributed by atoms with E-state index in [0.29, 0.717) is 19.4 Å². The molecule has 0 saturated carbocycles. The molecule has 1 unspecified atom stereocenters. The standard InChI is InChI=1S/C21H33NO4/c1-7-10-18(22(6)20(24)26-21(3,4)5)17-12-9-11-16(15-17)13-14-19(23)25-8-2/h9,11-12,15,18H,7-8,10,13-14H2,1-6H3. The average molecular weight is 363 g/mol. The largest absolute Gasteiger partial charge is 0.466 e. The summed E-state index contributed by atoms with van der Waals surface area (Å²) in [5.41, 5.74) is 1.60. The molecule has 26 heavy (non-hydrogen) atoms. The molecule has 0 aliphatic heterocycles. The van der Waals surface area contributed by atoms with E-state index in [4.69, 9.17) is 9.47 Å². The lowest BCUT2D eigenvalue weighted by Crippen LogP contribution is -2.36. The van der Waals surface area contributed by atoms with Gasteiger partial charge >= 0.3 is 12.1 Å². The van der Waals surface area contributed by atoms with E-state index in [1.165, 1.54) is 0 Å². The summed E-state index contributed by atoms with van der Waals surface area (Å²) in [5, 5.41) is 0. The number of benzene rings is 1. The van der Waals surface area contributed by atoms with Crippen LogP contribution >= 0.6 is 0 Å². The summed E-state index contributed by atoms with van der Waals surface area (Å²) >= 11 is 0. The van der Waals surface area contributed by atoms with Crippen molar-refractivity contribution in [2.45, 2.75) is 71.9 Å². The monoisotopic (exact) mass is 363 g/mol. The summed E-state index contributed by atoms with van der Waals surface area (Å²) < 4.78 is 10.5. The van der Waals surface area contributed by atoms with Crippen LogP contribution in [0.25, 0.3) is 0 Å². The van der Waals surface area contributed by atoms with Gasteiger partial charge in [0.15, 0.2) is 0 Å². The second-order valence-electron chi connectivity index (χ2n) is 7.45. The van der Waals surface area contributed by atoms with Gasteiger partial charge in [-0.3, -0.25) is 4.79 Å². The normalized spacial score (nSPS) is 12.4. The number of hydrogen-bond acceptors (Lipinski definition) is 4. The van der Waals surface area contributed by atoms with Crippen molar-refractivity contribution in [3.63, 3.8) is 0 Å². The third-order valence-electron chi connectivity index (χ3n) is 3.97. The van der Waals surface area contributed by atoms with Crippen molar-refractivity contribution in [3.8, 4) is 0 Å². The Balaban J connectivity index is 2.90. The maximum Gasteiger partial charge on any atom is 0.410 e. The fourth-order valence-corrected chi connectivity index (χ4v) is 2.75. The summed E-state index contributed by atoms with van der Waals surface area (Å²) in [6.07, 6.45) is 2.45. The van der Waals surface area contributed by atoms with Crippen LogP contribution in [-0.2, 0) is 20.7 Å². The Morgan fingerprint density at radius 2 is 1.88 bits per heavy atom. The Bertz CT molecular complexity index is 592. The Morgan fingerprint density at radius 1 is 1.19 bits per heavy atom. The van der Waals surface area contributed by atoms with Gasteiger partial charge in [0, 0.05) is 13.5 Å².